The summed E-state index contributed by atoms with van der Waals surface area (Å²) in [6, 6.07) is 1.02. The lowest BCUT2D eigenvalue weighted by Gasteiger charge is -2.25. The summed E-state index contributed by atoms with van der Waals surface area (Å²) in [6.45, 7) is 2.65. The summed E-state index contributed by atoms with van der Waals surface area (Å²) in [5, 5.41) is 0. The number of rotatable bonds is 3. The van der Waals surface area contributed by atoms with Gasteiger partial charge in [0.25, 0.3) is 0 Å². The molecule has 0 N–H and O–H groups in total. The maximum Gasteiger partial charge on any atom is 0.389 e. The average molecular weight is 225 g/mol. The van der Waals surface area contributed by atoms with Crippen molar-refractivity contribution in [2.24, 2.45) is 0 Å². The Kier molecular flexibility index (Phi) is 4.44. The highest BCUT2D eigenvalue weighted by Crippen LogP contribution is 2.30. The van der Waals surface area contributed by atoms with Gasteiger partial charge in [-0.1, -0.05) is 13.3 Å². The van der Waals surface area contributed by atoms with E-state index in [0.717, 1.165) is 25.5 Å². The minimum atomic E-state index is -4.01. The van der Waals surface area contributed by atoms with Gasteiger partial charge < -0.3 is 4.43 Å². The molecule has 5 heteroatoms. The molecule has 0 saturated carbocycles. The summed E-state index contributed by atoms with van der Waals surface area (Å²) in [6.07, 6.45) is -2.24. The van der Waals surface area contributed by atoms with Crippen LogP contribution in [0.2, 0.25) is 11.6 Å². The lowest BCUT2D eigenvalue weighted by Crippen LogP contribution is -2.28. The standard InChI is InChI=1S/C9H16F3OSi/c1-8(4-5-9(10,11)12)14-7-3-2-6-13-14/h8H,2-7H2,1H3. The van der Waals surface area contributed by atoms with E-state index in [1.807, 2.05) is 6.92 Å². The lowest BCUT2D eigenvalue weighted by molar-refractivity contribution is -0.135. The molecular weight excluding hydrogens is 209 g/mol. The van der Waals surface area contributed by atoms with Gasteiger partial charge in [0.2, 0.25) is 9.04 Å². The van der Waals surface area contributed by atoms with E-state index in [-0.39, 0.29) is 12.0 Å². The van der Waals surface area contributed by atoms with Crippen molar-refractivity contribution in [2.45, 2.75) is 50.4 Å². The molecule has 1 heterocycles. The Morgan fingerprint density at radius 3 is 2.57 bits per heavy atom. The Hall–Kier alpha value is -0.0331. The zero-order valence-corrected chi connectivity index (χ0v) is 9.36. The highest BCUT2D eigenvalue weighted by atomic mass is 28.3. The summed E-state index contributed by atoms with van der Waals surface area (Å²) in [7, 11) is -0.948. The summed E-state index contributed by atoms with van der Waals surface area (Å²) < 4.78 is 41.4. The smallest absolute Gasteiger partial charge is 0.389 e. The van der Waals surface area contributed by atoms with Crippen molar-refractivity contribution in [1.29, 1.82) is 0 Å². The molecule has 1 aliphatic rings. The van der Waals surface area contributed by atoms with Gasteiger partial charge in [0.1, 0.15) is 0 Å². The third kappa shape index (κ3) is 4.46. The van der Waals surface area contributed by atoms with E-state index in [0.29, 0.717) is 0 Å². The van der Waals surface area contributed by atoms with Crippen molar-refractivity contribution in [3.8, 4) is 0 Å². The molecule has 83 valence electrons. The minimum Gasteiger partial charge on any atom is -0.416 e. The zero-order valence-electron chi connectivity index (χ0n) is 8.36. The van der Waals surface area contributed by atoms with E-state index >= 15 is 0 Å². The maximum atomic E-state index is 12.0. The summed E-state index contributed by atoms with van der Waals surface area (Å²) in [5.74, 6) is 0. The average Bonchev–Trinajstić information content (AvgIpc) is 2.14. The molecule has 0 aromatic rings. The lowest BCUT2D eigenvalue weighted by atomic mass is 10.2. The van der Waals surface area contributed by atoms with E-state index in [1.165, 1.54) is 0 Å². The monoisotopic (exact) mass is 225 g/mol. The van der Waals surface area contributed by atoms with Gasteiger partial charge in [-0.25, -0.2) is 0 Å². The topological polar surface area (TPSA) is 9.23 Å². The van der Waals surface area contributed by atoms with Crippen molar-refractivity contribution < 1.29 is 17.6 Å². The number of hydrogen-bond acceptors (Lipinski definition) is 1. The Morgan fingerprint density at radius 2 is 2.07 bits per heavy atom. The molecule has 1 nitrogen and oxygen atoms in total. The molecule has 0 amide bonds. The normalized spacial score (nSPS) is 22.3. The van der Waals surface area contributed by atoms with Crippen LogP contribution in [-0.4, -0.2) is 21.8 Å². The molecule has 1 unspecified atom stereocenters. The molecule has 1 radical (unpaired) electrons. The van der Waals surface area contributed by atoms with Gasteiger partial charge in [0.15, 0.2) is 0 Å². The van der Waals surface area contributed by atoms with Crippen molar-refractivity contribution >= 4 is 9.04 Å². The Morgan fingerprint density at radius 1 is 1.36 bits per heavy atom. The van der Waals surface area contributed by atoms with Crippen LogP contribution in [-0.2, 0) is 4.43 Å². The van der Waals surface area contributed by atoms with Crippen LogP contribution in [0, 0.1) is 0 Å². The van der Waals surface area contributed by atoms with Crippen LogP contribution in [0.4, 0.5) is 13.2 Å². The summed E-state index contributed by atoms with van der Waals surface area (Å²) in [4.78, 5) is 0. The molecule has 1 rings (SSSR count). The fourth-order valence-corrected chi connectivity index (χ4v) is 4.00. The summed E-state index contributed by atoms with van der Waals surface area (Å²) in [5.41, 5.74) is 0.127. The Balaban J connectivity index is 2.23. The number of hydrogen-bond donors (Lipinski definition) is 0. The minimum absolute atomic E-state index is 0.127. The van der Waals surface area contributed by atoms with E-state index in [1.54, 1.807) is 0 Å². The van der Waals surface area contributed by atoms with Crippen LogP contribution in [0.25, 0.3) is 0 Å². The third-order valence-corrected chi connectivity index (χ3v) is 5.32. The van der Waals surface area contributed by atoms with Gasteiger partial charge in [-0.05, 0) is 24.4 Å². The fourth-order valence-electron chi connectivity index (χ4n) is 1.61. The molecule has 14 heavy (non-hydrogen) atoms. The second kappa shape index (κ2) is 5.16. The summed E-state index contributed by atoms with van der Waals surface area (Å²) >= 11 is 0. The maximum absolute atomic E-state index is 12.0. The highest BCUT2D eigenvalue weighted by Gasteiger charge is 2.31. The second-order valence-electron chi connectivity index (χ2n) is 3.83. The van der Waals surface area contributed by atoms with Crippen LogP contribution in [0.1, 0.15) is 32.6 Å². The van der Waals surface area contributed by atoms with Gasteiger partial charge in [0, 0.05) is 13.0 Å². The number of alkyl halides is 3. The quantitative estimate of drug-likeness (QED) is 0.668. The first-order valence-electron chi connectivity index (χ1n) is 5.04. The first-order chi connectivity index (χ1) is 6.49. The Bertz CT molecular complexity index is 166. The highest BCUT2D eigenvalue weighted by molar-refractivity contribution is 6.53. The molecular formula is C9H16F3OSi. The third-order valence-electron chi connectivity index (χ3n) is 2.52. The molecule has 1 atom stereocenters. The van der Waals surface area contributed by atoms with Crippen molar-refractivity contribution in [1.82, 2.24) is 0 Å². The molecule has 1 aliphatic heterocycles. The van der Waals surface area contributed by atoms with Crippen LogP contribution in [0.5, 0.6) is 0 Å². The van der Waals surface area contributed by atoms with Crippen molar-refractivity contribution in [3.05, 3.63) is 0 Å². The predicted octanol–water partition coefficient (Wildman–Crippen LogP) is 3.52. The Labute approximate surface area is 84.4 Å². The SMILES string of the molecule is CC(CCC(F)(F)F)[Si]1CCCCO1. The van der Waals surface area contributed by atoms with E-state index < -0.39 is 21.6 Å². The molecule has 1 fully saturated rings. The van der Waals surface area contributed by atoms with E-state index in [4.69, 9.17) is 4.43 Å². The first-order valence-corrected chi connectivity index (χ1v) is 6.73. The second-order valence-corrected chi connectivity index (χ2v) is 6.53. The fraction of sp³-hybridized carbons (Fsp3) is 1.00. The van der Waals surface area contributed by atoms with Gasteiger partial charge in [-0.3, -0.25) is 0 Å². The molecule has 0 bridgehead atoms. The first kappa shape index (κ1) is 12.0. The molecule has 0 spiro atoms. The van der Waals surface area contributed by atoms with Gasteiger partial charge >= 0.3 is 6.18 Å². The van der Waals surface area contributed by atoms with Crippen LogP contribution in [0.3, 0.4) is 0 Å². The zero-order chi connectivity index (χ0) is 10.6. The van der Waals surface area contributed by atoms with Crippen LogP contribution in [0.15, 0.2) is 0 Å². The van der Waals surface area contributed by atoms with Gasteiger partial charge in [0.05, 0.1) is 0 Å². The number of halogens is 3. The van der Waals surface area contributed by atoms with Gasteiger partial charge in [-0.2, -0.15) is 13.2 Å². The van der Waals surface area contributed by atoms with E-state index in [9.17, 15) is 13.2 Å². The molecule has 0 aromatic heterocycles. The van der Waals surface area contributed by atoms with E-state index in [2.05, 4.69) is 0 Å². The van der Waals surface area contributed by atoms with Crippen molar-refractivity contribution in [2.75, 3.05) is 6.61 Å². The molecule has 0 aliphatic carbocycles. The molecule has 1 saturated heterocycles. The molecule has 0 aromatic carbocycles. The van der Waals surface area contributed by atoms with Gasteiger partial charge in [-0.15, -0.1) is 0 Å². The predicted molar refractivity (Wildman–Crippen MR) is 50.5 cm³/mol. The largest absolute Gasteiger partial charge is 0.416 e. The van der Waals surface area contributed by atoms with Crippen molar-refractivity contribution in [3.63, 3.8) is 0 Å². The van der Waals surface area contributed by atoms with Crippen LogP contribution < -0.4 is 0 Å². The van der Waals surface area contributed by atoms with Crippen LogP contribution >= 0.6 is 0 Å².